The zero-order chi connectivity index (χ0) is 12.6. The lowest BCUT2D eigenvalue weighted by molar-refractivity contribution is 0.297. The molecule has 0 aliphatic rings. The third-order valence-electron chi connectivity index (χ3n) is 2.72. The van der Waals surface area contributed by atoms with Crippen molar-refractivity contribution >= 4 is 0 Å². The fourth-order valence-electron chi connectivity index (χ4n) is 1.77. The first-order valence-electron chi connectivity index (χ1n) is 6.17. The molecular weight excluding hydrogens is 224 g/mol. The highest BCUT2D eigenvalue weighted by Gasteiger charge is 2.04. The summed E-state index contributed by atoms with van der Waals surface area (Å²) in [4.78, 5) is 4.08. The lowest BCUT2D eigenvalue weighted by Gasteiger charge is -2.12. The molecular formula is C15H18N2O. The Labute approximate surface area is 108 Å². The van der Waals surface area contributed by atoms with Gasteiger partial charge in [-0.2, -0.15) is 0 Å². The predicted octanol–water partition coefficient (Wildman–Crippen LogP) is 2.42. The van der Waals surface area contributed by atoms with Crippen molar-refractivity contribution in [1.29, 1.82) is 0 Å². The molecule has 1 aromatic carbocycles. The van der Waals surface area contributed by atoms with Crippen LogP contribution in [0.5, 0.6) is 5.75 Å². The van der Waals surface area contributed by atoms with Crippen molar-refractivity contribution in [1.82, 2.24) is 4.98 Å². The minimum atomic E-state index is 0.109. The molecule has 3 heteroatoms. The fourth-order valence-corrected chi connectivity index (χ4v) is 1.77. The first-order chi connectivity index (χ1) is 8.84. The van der Waals surface area contributed by atoms with Gasteiger partial charge in [0, 0.05) is 18.4 Å². The average molecular weight is 242 g/mol. The molecule has 94 valence electrons. The van der Waals surface area contributed by atoms with Gasteiger partial charge in [0.25, 0.3) is 0 Å². The van der Waals surface area contributed by atoms with Gasteiger partial charge in [0.1, 0.15) is 5.75 Å². The van der Waals surface area contributed by atoms with Crippen molar-refractivity contribution in [2.45, 2.75) is 18.9 Å². The highest BCUT2D eigenvalue weighted by Crippen LogP contribution is 2.09. The van der Waals surface area contributed by atoms with Crippen molar-refractivity contribution in [3.05, 3.63) is 60.4 Å². The van der Waals surface area contributed by atoms with E-state index in [0.29, 0.717) is 6.61 Å². The van der Waals surface area contributed by atoms with Crippen LogP contribution < -0.4 is 10.5 Å². The van der Waals surface area contributed by atoms with Crippen molar-refractivity contribution in [3.63, 3.8) is 0 Å². The van der Waals surface area contributed by atoms with Gasteiger partial charge in [-0.1, -0.05) is 24.3 Å². The molecule has 0 aliphatic heterocycles. The van der Waals surface area contributed by atoms with Crippen LogP contribution in [-0.4, -0.2) is 17.6 Å². The maximum Gasteiger partial charge on any atom is 0.119 e. The fraction of sp³-hybridized carbons (Fsp3) is 0.267. The van der Waals surface area contributed by atoms with Crippen molar-refractivity contribution < 1.29 is 4.74 Å². The maximum atomic E-state index is 6.06. The lowest BCUT2D eigenvalue weighted by Crippen LogP contribution is -2.25. The molecule has 0 aliphatic carbocycles. The van der Waals surface area contributed by atoms with E-state index in [2.05, 4.69) is 4.98 Å². The Morgan fingerprint density at radius 1 is 1.11 bits per heavy atom. The topological polar surface area (TPSA) is 48.1 Å². The number of pyridine rings is 1. The van der Waals surface area contributed by atoms with Crippen LogP contribution in [0.2, 0.25) is 0 Å². The number of hydrogen-bond acceptors (Lipinski definition) is 3. The molecule has 1 heterocycles. The number of benzene rings is 1. The predicted molar refractivity (Wildman–Crippen MR) is 72.5 cm³/mol. The molecule has 2 rings (SSSR count). The number of aromatic nitrogens is 1. The second-order valence-electron chi connectivity index (χ2n) is 4.28. The smallest absolute Gasteiger partial charge is 0.119 e. The average Bonchev–Trinajstić information content (AvgIpc) is 2.41. The summed E-state index contributed by atoms with van der Waals surface area (Å²) >= 11 is 0. The Hall–Kier alpha value is -1.87. The summed E-state index contributed by atoms with van der Waals surface area (Å²) in [5.74, 6) is 0.895. The van der Waals surface area contributed by atoms with E-state index >= 15 is 0 Å². The number of rotatable bonds is 6. The molecule has 0 bridgehead atoms. The van der Waals surface area contributed by atoms with Crippen molar-refractivity contribution in [3.8, 4) is 5.75 Å². The zero-order valence-electron chi connectivity index (χ0n) is 10.3. The van der Waals surface area contributed by atoms with Gasteiger partial charge in [-0.15, -0.1) is 0 Å². The number of para-hydroxylation sites is 1. The summed E-state index contributed by atoms with van der Waals surface area (Å²) in [6, 6.07) is 13.9. The number of nitrogens with zero attached hydrogens (tertiary/aromatic N) is 1. The largest absolute Gasteiger partial charge is 0.494 e. The Kier molecular flexibility index (Phi) is 4.73. The van der Waals surface area contributed by atoms with Crippen LogP contribution in [0.3, 0.4) is 0 Å². The van der Waals surface area contributed by atoms with Crippen molar-refractivity contribution in [2.75, 3.05) is 6.61 Å². The Morgan fingerprint density at radius 3 is 2.67 bits per heavy atom. The Morgan fingerprint density at radius 2 is 1.94 bits per heavy atom. The number of ether oxygens (including phenoxy) is 1. The normalized spacial score (nSPS) is 12.1. The standard InChI is InChI=1S/C15H18N2O/c16-14(11-13-5-4-9-17-12-13)8-10-18-15-6-2-1-3-7-15/h1-7,9,12,14H,8,10-11,16H2. The Balaban J connectivity index is 1.71. The van der Waals surface area contributed by atoms with E-state index in [1.165, 1.54) is 5.56 Å². The van der Waals surface area contributed by atoms with Gasteiger partial charge in [-0.05, 0) is 36.6 Å². The molecule has 0 saturated carbocycles. The second-order valence-corrected chi connectivity index (χ2v) is 4.28. The molecule has 0 spiro atoms. The van der Waals surface area contributed by atoms with E-state index in [1.807, 2.05) is 48.7 Å². The summed E-state index contributed by atoms with van der Waals surface area (Å²) < 4.78 is 5.62. The molecule has 2 N–H and O–H groups in total. The highest BCUT2D eigenvalue weighted by molar-refractivity contribution is 5.20. The van der Waals surface area contributed by atoms with Crippen LogP contribution in [-0.2, 0) is 6.42 Å². The lowest BCUT2D eigenvalue weighted by atomic mass is 10.1. The summed E-state index contributed by atoms with van der Waals surface area (Å²) in [7, 11) is 0. The van der Waals surface area contributed by atoms with Crippen LogP contribution in [0.4, 0.5) is 0 Å². The van der Waals surface area contributed by atoms with Crippen LogP contribution >= 0.6 is 0 Å². The van der Waals surface area contributed by atoms with Crippen LogP contribution in [0.25, 0.3) is 0 Å². The molecule has 18 heavy (non-hydrogen) atoms. The summed E-state index contributed by atoms with van der Waals surface area (Å²) in [5, 5.41) is 0. The van der Waals surface area contributed by atoms with Gasteiger partial charge in [-0.3, -0.25) is 4.98 Å². The first-order valence-corrected chi connectivity index (χ1v) is 6.17. The molecule has 0 fully saturated rings. The SMILES string of the molecule is NC(CCOc1ccccc1)Cc1cccnc1. The van der Waals surface area contributed by atoms with Gasteiger partial charge < -0.3 is 10.5 Å². The summed E-state index contributed by atoms with van der Waals surface area (Å²) in [6.45, 7) is 0.644. The van der Waals surface area contributed by atoms with Gasteiger partial charge in [0.05, 0.1) is 6.61 Å². The first kappa shape index (κ1) is 12.6. The molecule has 3 nitrogen and oxygen atoms in total. The van der Waals surface area contributed by atoms with E-state index < -0.39 is 0 Å². The molecule has 1 atom stereocenters. The summed E-state index contributed by atoms with van der Waals surface area (Å²) in [5.41, 5.74) is 7.23. The quantitative estimate of drug-likeness (QED) is 0.846. The Bertz CT molecular complexity index is 445. The van der Waals surface area contributed by atoms with Gasteiger partial charge in [0.2, 0.25) is 0 Å². The minimum Gasteiger partial charge on any atom is -0.494 e. The van der Waals surface area contributed by atoms with Crippen LogP contribution in [0.1, 0.15) is 12.0 Å². The van der Waals surface area contributed by atoms with Gasteiger partial charge >= 0.3 is 0 Å². The van der Waals surface area contributed by atoms with Gasteiger partial charge in [-0.25, -0.2) is 0 Å². The number of nitrogens with two attached hydrogens (primary N) is 1. The van der Waals surface area contributed by atoms with Crippen molar-refractivity contribution in [2.24, 2.45) is 5.73 Å². The molecule has 1 aromatic heterocycles. The van der Waals surface area contributed by atoms with E-state index in [9.17, 15) is 0 Å². The van der Waals surface area contributed by atoms with E-state index in [-0.39, 0.29) is 6.04 Å². The van der Waals surface area contributed by atoms with E-state index in [1.54, 1.807) is 6.20 Å². The molecule has 0 amide bonds. The zero-order valence-corrected chi connectivity index (χ0v) is 10.3. The highest BCUT2D eigenvalue weighted by atomic mass is 16.5. The second kappa shape index (κ2) is 6.77. The molecule has 1 unspecified atom stereocenters. The molecule has 0 radical (unpaired) electrons. The molecule has 0 saturated heterocycles. The van der Waals surface area contributed by atoms with Crippen LogP contribution in [0, 0.1) is 0 Å². The third kappa shape index (κ3) is 4.18. The van der Waals surface area contributed by atoms with Crippen LogP contribution in [0.15, 0.2) is 54.9 Å². The molecule has 2 aromatic rings. The number of hydrogen-bond donors (Lipinski definition) is 1. The summed E-state index contributed by atoms with van der Waals surface area (Å²) in [6.07, 6.45) is 5.31. The van der Waals surface area contributed by atoms with E-state index in [0.717, 1.165) is 18.6 Å². The minimum absolute atomic E-state index is 0.109. The monoisotopic (exact) mass is 242 g/mol. The maximum absolute atomic E-state index is 6.06. The van der Waals surface area contributed by atoms with Gasteiger partial charge in [0.15, 0.2) is 0 Å². The third-order valence-corrected chi connectivity index (χ3v) is 2.72. The van der Waals surface area contributed by atoms with E-state index in [4.69, 9.17) is 10.5 Å².